The Bertz CT molecular complexity index is 555. The lowest BCUT2D eigenvalue weighted by Crippen LogP contribution is -2.13. The van der Waals surface area contributed by atoms with E-state index in [9.17, 15) is 0 Å². The molecule has 5 heteroatoms. The number of aromatic nitrogens is 1. The van der Waals surface area contributed by atoms with E-state index in [1.165, 1.54) is 5.01 Å². The van der Waals surface area contributed by atoms with Crippen LogP contribution < -0.4 is 14.8 Å². The topological polar surface area (TPSA) is 43.4 Å². The molecule has 0 radical (unpaired) electrons. The number of rotatable bonds is 7. The molecule has 2 rings (SSSR count). The van der Waals surface area contributed by atoms with E-state index in [-0.39, 0.29) is 0 Å². The van der Waals surface area contributed by atoms with Crippen LogP contribution in [0.2, 0.25) is 0 Å². The van der Waals surface area contributed by atoms with Gasteiger partial charge in [0.25, 0.3) is 0 Å². The van der Waals surface area contributed by atoms with Gasteiger partial charge >= 0.3 is 0 Å². The van der Waals surface area contributed by atoms with E-state index in [0.29, 0.717) is 0 Å². The number of thiazole rings is 1. The monoisotopic (exact) mass is 292 g/mol. The van der Waals surface area contributed by atoms with Gasteiger partial charge in [0.05, 0.1) is 24.9 Å². The number of nitrogens with one attached hydrogen (secondary N) is 1. The fourth-order valence-electron chi connectivity index (χ4n) is 1.92. The van der Waals surface area contributed by atoms with Crippen LogP contribution in [-0.2, 0) is 19.5 Å². The van der Waals surface area contributed by atoms with Crippen LogP contribution in [0.1, 0.15) is 23.2 Å². The van der Waals surface area contributed by atoms with Crippen LogP contribution >= 0.6 is 11.3 Å². The fraction of sp³-hybridized carbons (Fsp3) is 0.400. The van der Waals surface area contributed by atoms with Crippen molar-refractivity contribution in [2.24, 2.45) is 0 Å². The molecule has 4 nitrogen and oxygen atoms in total. The van der Waals surface area contributed by atoms with E-state index < -0.39 is 0 Å². The highest BCUT2D eigenvalue weighted by Crippen LogP contribution is 2.27. The molecule has 0 fully saturated rings. The molecule has 0 spiro atoms. The summed E-state index contributed by atoms with van der Waals surface area (Å²) in [6.45, 7) is 3.68. The minimum atomic E-state index is 0.753. The molecule has 0 unspecified atom stereocenters. The number of benzene rings is 1. The second-order valence-electron chi connectivity index (χ2n) is 4.38. The molecule has 0 saturated carbocycles. The molecular weight excluding hydrogens is 272 g/mol. The molecule has 1 aromatic heterocycles. The van der Waals surface area contributed by atoms with Crippen LogP contribution in [0, 0.1) is 0 Å². The van der Waals surface area contributed by atoms with Crippen molar-refractivity contribution in [3.05, 3.63) is 39.8 Å². The first kappa shape index (κ1) is 14.8. The summed E-state index contributed by atoms with van der Waals surface area (Å²) in [4.78, 5) is 4.53. The predicted molar refractivity (Wildman–Crippen MR) is 81.6 cm³/mol. The quantitative estimate of drug-likeness (QED) is 0.852. The molecule has 0 aliphatic carbocycles. The SMILES string of the molecule is CCc1nc(CNCc2ccc(OC)c(OC)c2)cs1. The number of aryl methyl sites for hydroxylation is 1. The van der Waals surface area contributed by atoms with Gasteiger partial charge in [0.15, 0.2) is 11.5 Å². The lowest BCUT2D eigenvalue weighted by atomic mass is 10.2. The number of hydrogen-bond donors (Lipinski definition) is 1. The summed E-state index contributed by atoms with van der Waals surface area (Å²) in [5, 5.41) is 6.69. The third-order valence-electron chi connectivity index (χ3n) is 2.98. The largest absolute Gasteiger partial charge is 0.493 e. The molecule has 0 atom stereocenters. The van der Waals surface area contributed by atoms with Gasteiger partial charge in [-0.25, -0.2) is 4.98 Å². The van der Waals surface area contributed by atoms with Crippen LogP contribution in [0.15, 0.2) is 23.6 Å². The molecule has 0 aliphatic rings. The summed E-state index contributed by atoms with van der Waals surface area (Å²) < 4.78 is 10.5. The van der Waals surface area contributed by atoms with Crippen molar-refractivity contribution >= 4 is 11.3 Å². The highest BCUT2D eigenvalue weighted by atomic mass is 32.1. The Balaban J connectivity index is 1.90. The zero-order valence-corrected chi connectivity index (χ0v) is 12.9. The van der Waals surface area contributed by atoms with Gasteiger partial charge in [-0.3, -0.25) is 0 Å². The van der Waals surface area contributed by atoms with Crippen molar-refractivity contribution in [1.29, 1.82) is 0 Å². The third-order valence-corrected chi connectivity index (χ3v) is 4.03. The van der Waals surface area contributed by atoms with E-state index in [4.69, 9.17) is 9.47 Å². The zero-order valence-electron chi connectivity index (χ0n) is 12.1. The Labute approximate surface area is 123 Å². The van der Waals surface area contributed by atoms with Gasteiger partial charge in [0.1, 0.15) is 0 Å². The first-order valence-electron chi connectivity index (χ1n) is 6.61. The smallest absolute Gasteiger partial charge is 0.161 e. The molecule has 1 heterocycles. The lowest BCUT2D eigenvalue weighted by Gasteiger charge is -2.10. The Morgan fingerprint density at radius 1 is 1.15 bits per heavy atom. The molecule has 1 aromatic carbocycles. The van der Waals surface area contributed by atoms with Gasteiger partial charge in [-0.15, -0.1) is 11.3 Å². The Morgan fingerprint density at radius 3 is 2.60 bits per heavy atom. The van der Waals surface area contributed by atoms with E-state index >= 15 is 0 Å². The first-order valence-corrected chi connectivity index (χ1v) is 7.49. The summed E-state index contributed by atoms with van der Waals surface area (Å²) in [5.41, 5.74) is 2.26. The molecule has 0 saturated heterocycles. The molecule has 20 heavy (non-hydrogen) atoms. The van der Waals surface area contributed by atoms with E-state index in [1.807, 2.05) is 18.2 Å². The lowest BCUT2D eigenvalue weighted by molar-refractivity contribution is 0.354. The molecular formula is C15H20N2O2S. The second-order valence-corrected chi connectivity index (χ2v) is 5.32. The summed E-state index contributed by atoms with van der Waals surface area (Å²) in [6, 6.07) is 5.95. The van der Waals surface area contributed by atoms with Gasteiger partial charge in [-0.1, -0.05) is 13.0 Å². The van der Waals surface area contributed by atoms with Crippen LogP contribution in [0.4, 0.5) is 0 Å². The van der Waals surface area contributed by atoms with E-state index in [1.54, 1.807) is 25.6 Å². The maximum Gasteiger partial charge on any atom is 0.161 e. The zero-order chi connectivity index (χ0) is 14.4. The molecule has 1 N–H and O–H groups in total. The van der Waals surface area contributed by atoms with E-state index in [2.05, 4.69) is 22.6 Å². The average Bonchev–Trinajstić information content (AvgIpc) is 2.95. The number of hydrogen-bond acceptors (Lipinski definition) is 5. The Kier molecular flexibility index (Phi) is 5.38. The third kappa shape index (κ3) is 3.71. The van der Waals surface area contributed by atoms with Crippen molar-refractivity contribution in [3.8, 4) is 11.5 Å². The Hall–Kier alpha value is -1.59. The number of methoxy groups -OCH3 is 2. The van der Waals surface area contributed by atoms with Gasteiger partial charge in [-0.2, -0.15) is 0 Å². The minimum Gasteiger partial charge on any atom is -0.493 e. The number of ether oxygens (including phenoxy) is 2. The summed E-state index contributed by atoms with van der Waals surface area (Å²) in [6.07, 6.45) is 1.00. The first-order chi connectivity index (χ1) is 9.76. The molecule has 0 bridgehead atoms. The molecule has 0 aliphatic heterocycles. The standard InChI is InChI=1S/C15H20N2O2S/c1-4-15-17-12(10-20-15)9-16-8-11-5-6-13(18-2)14(7-11)19-3/h5-7,10,16H,4,8-9H2,1-3H3. The predicted octanol–water partition coefficient (Wildman–Crippen LogP) is 3.01. The second kappa shape index (κ2) is 7.26. The summed E-state index contributed by atoms with van der Waals surface area (Å²) in [7, 11) is 3.29. The van der Waals surface area contributed by atoms with E-state index in [0.717, 1.165) is 42.3 Å². The van der Waals surface area contributed by atoms with Crippen LogP contribution in [-0.4, -0.2) is 19.2 Å². The maximum atomic E-state index is 5.30. The van der Waals surface area contributed by atoms with Gasteiger partial charge < -0.3 is 14.8 Å². The van der Waals surface area contributed by atoms with Gasteiger partial charge in [0, 0.05) is 18.5 Å². The highest BCUT2D eigenvalue weighted by Gasteiger charge is 2.05. The van der Waals surface area contributed by atoms with Crippen molar-refractivity contribution in [1.82, 2.24) is 10.3 Å². The van der Waals surface area contributed by atoms with Crippen LogP contribution in [0.5, 0.6) is 11.5 Å². The van der Waals surface area contributed by atoms with Crippen molar-refractivity contribution in [3.63, 3.8) is 0 Å². The van der Waals surface area contributed by atoms with Crippen LogP contribution in [0.25, 0.3) is 0 Å². The van der Waals surface area contributed by atoms with Crippen molar-refractivity contribution in [2.45, 2.75) is 26.4 Å². The molecule has 2 aromatic rings. The van der Waals surface area contributed by atoms with Gasteiger partial charge in [0.2, 0.25) is 0 Å². The van der Waals surface area contributed by atoms with Crippen molar-refractivity contribution in [2.75, 3.05) is 14.2 Å². The number of nitrogens with zero attached hydrogens (tertiary/aromatic N) is 1. The summed E-state index contributed by atoms with van der Waals surface area (Å²) >= 11 is 1.72. The fourth-order valence-corrected chi connectivity index (χ4v) is 2.66. The average molecular weight is 292 g/mol. The van der Waals surface area contributed by atoms with Crippen LogP contribution in [0.3, 0.4) is 0 Å². The minimum absolute atomic E-state index is 0.753. The molecule has 0 amide bonds. The summed E-state index contributed by atoms with van der Waals surface area (Å²) in [5.74, 6) is 1.51. The van der Waals surface area contributed by atoms with Gasteiger partial charge in [-0.05, 0) is 24.1 Å². The van der Waals surface area contributed by atoms with Crippen molar-refractivity contribution < 1.29 is 9.47 Å². The molecule has 108 valence electrons. The normalized spacial score (nSPS) is 10.6. The maximum absolute atomic E-state index is 5.30. The highest BCUT2D eigenvalue weighted by molar-refractivity contribution is 7.09. The Morgan fingerprint density at radius 2 is 1.95 bits per heavy atom.